The van der Waals surface area contributed by atoms with Crippen LogP contribution in [0.2, 0.25) is 0 Å². The Morgan fingerprint density at radius 2 is 1.78 bits per heavy atom. The Morgan fingerprint density at radius 3 is 2.39 bits per heavy atom. The summed E-state index contributed by atoms with van der Waals surface area (Å²) in [5.41, 5.74) is 3.29. The molecule has 5 heteroatoms. The van der Waals surface area contributed by atoms with E-state index in [1.165, 1.54) is 0 Å². The SMILES string of the molecule is O=C(O)c1ccc(Cc2ccc(Nc3cccnc3)nc2)cc1. The highest BCUT2D eigenvalue weighted by Gasteiger charge is 2.03. The molecule has 0 unspecified atom stereocenters. The first kappa shape index (κ1) is 14.7. The van der Waals surface area contributed by atoms with Gasteiger partial charge in [-0.15, -0.1) is 0 Å². The van der Waals surface area contributed by atoms with Gasteiger partial charge in [0.05, 0.1) is 17.4 Å². The minimum Gasteiger partial charge on any atom is -0.478 e. The van der Waals surface area contributed by atoms with Crippen molar-refractivity contribution in [3.8, 4) is 0 Å². The average Bonchev–Trinajstić information content (AvgIpc) is 2.58. The van der Waals surface area contributed by atoms with Gasteiger partial charge < -0.3 is 10.4 Å². The monoisotopic (exact) mass is 305 g/mol. The van der Waals surface area contributed by atoms with E-state index in [-0.39, 0.29) is 0 Å². The normalized spacial score (nSPS) is 10.3. The molecule has 0 amide bonds. The highest BCUT2D eigenvalue weighted by Crippen LogP contribution is 2.15. The summed E-state index contributed by atoms with van der Waals surface area (Å²) in [6.45, 7) is 0. The van der Waals surface area contributed by atoms with Gasteiger partial charge in [-0.1, -0.05) is 18.2 Å². The zero-order valence-corrected chi connectivity index (χ0v) is 12.3. The molecule has 0 saturated heterocycles. The van der Waals surface area contributed by atoms with E-state index in [0.717, 1.165) is 22.6 Å². The van der Waals surface area contributed by atoms with E-state index >= 15 is 0 Å². The van der Waals surface area contributed by atoms with Gasteiger partial charge in [-0.3, -0.25) is 4.98 Å². The highest BCUT2D eigenvalue weighted by molar-refractivity contribution is 5.87. The molecule has 2 N–H and O–H groups in total. The zero-order chi connectivity index (χ0) is 16.1. The molecule has 0 aliphatic heterocycles. The lowest BCUT2D eigenvalue weighted by Gasteiger charge is -2.06. The molecule has 0 aliphatic carbocycles. The topological polar surface area (TPSA) is 75.1 Å². The van der Waals surface area contributed by atoms with E-state index in [2.05, 4.69) is 15.3 Å². The summed E-state index contributed by atoms with van der Waals surface area (Å²) in [6, 6.07) is 14.6. The van der Waals surface area contributed by atoms with Gasteiger partial charge >= 0.3 is 5.97 Å². The summed E-state index contributed by atoms with van der Waals surface area (Å²) in [6.07, 6.45) is 5.97. The molecular weight excluding hydrogens is 290 g/mol. The molecule has 0 bridgehead atoms. The predicted molar refractivity (Wildman–Crippen MR) is 88.0 cm³/mol. The summed E-state index contributed by atoms with van der Waals surface area (Å²) in [4.78, 5) is 19.3. The number of rotatable bonds is 5. The van der Waals surface area contributed by atoms with Gasteiger partial charge in [-0.2, -0.15) is 0 Å². The Kier molecular flexibility index (Phi) is 4.29. The summed E-state index contributed by atoms with van der Waals surface area (Å²) >= 11 is 0. The van der Waals surface area contributed by atoms with Gasteiger partial charge in [0.1, 0.15) is 5.82 Å². The molecule has 23 heavy (non-hydrogen) atoms. The molecular formula is C18H15N3O2. The van der Waals surface area contributed by atoms with Crippen molar-refractivity contribution in [2.24, 2.45) is 0 Å². The molecule has 0 aliphatic rings. The fourth-order valence-corrected chi connectivity index (χ4v) is 2.19. The third kappa shape index (κ3) is 3.91. The minimum atomic E-state index is -0.913. The molecule has 0 spiro atoms. The van der Waals surface area contributed by atoms with Crippen LogP contribution in [0.3, 0.4) is 0 Å². The van der Waals surface area contributed by atoms with E-state index in [1.807, 2.05) is 42.6 Å². The Balaban J connectivity index is 1.66. The summed E-state index contributed by atoms with van der Waals surface area (Å²) < 4.78 is 0. The summed E-state index contributed by atoms with van der Waals surface area (Å²) in [5, 5.41) is 12.1. The Morgan fingerprint density at radius 1 is 1.00 bits per heavy atom. The second kappa shape index (κ2) is 6.70. The number of benzene rings is 1. The van der Waals surface area contributed by atoms with Crippen LogP contribution in [0.15, 0.2) is 67.1 Å². The van der Waals surface area contributed by atoms with Crippen molar-refractivity contribution in [2.45, 2.75) is 6.42 Å². The Labute approximate surface area is 133 Å². The molecule has 3 aromatic rings. The smallest absolute Gasteiger partial charge is 0.335 e. The zero-order valence-electron chi connectivity index (χ0n) is 12.3. The lowest BCUT2D eigenvalue weighted by Crippen LogP contribution is -1.97. The maximum atomic E-state index is 10.8. The number of carboxylic acids is 1. The highest BCUT2D eigenvalue weighted by atomic mass is 16.4. The first-order valence-electron chi connectivity index (χ1n) is 7.15. The van der Waals surface area contributed by atoms with Gasteiger partial charge in [0.15, 0.2) is 0 Å². The predicted octanol–water partition coefficient (Wildman–Crippen LogP) is 3.51. The third-order valence-electron chi connectivity index (χ3n) is 3.37. The van der Waals surface area contributed by atoms with Gasteiger partial charge in [0.2, 0.25) is 0 Å². The number of aromatic carboxylic acids is 1. The molecule has 2 aromatic heterocycles. The maximum absolute atomic E-state index is 10.8. The number of pyridine rings is 2. The van der Waals surface area contributed by atoms with E-state index in [9.17, 15) is 4.79 Å². The van der Waals surface area contributed by atoms with E-state index < -0.39 is 5.97 Å². The van der Waals surface area contributed by atoms with Crippen molar-refractivity contribution >= 4 is 17.5 Å². The van der Waals surface area contributed by atoms with Crippen LogP contribution >= 0.6 is 0 Å². The number of hydrogen-bond donors (Lipinski definition) is 2. The van der Waals surface area contributed by atoms with Crippen molar-refractivity contribution in [1.29, 1.82) is 0 Å². The van der Waals surface area contributed by atoms with Crippen LogP contribution < -0.4 is 5.32 Å². The molecule has 0 atom stereocenters. The first-order chi connectivity index (χ1) is 11.2. The number of nitrogens with one attached hydrogen (secondary N) is 1. The second-order valence-electron chi connectivity index (χ2n) is 5.10. The van der Waals surface area contributed by atoms with E-state index in [4.69, 9.17) is 5.11 Å². The minimum absolute atomic E-state index is 0.294. The van der Waals surface area contributed by atoms with Gasteiger partial charge in [0, 0.05) is 12.4 Å². The van der Waals surface area contributed by atoms with Crippen LogP contribution in [-0.4, -0.2) is 21.0 Å². The molecule has 114 valence electrons. The van der Waals surface area contributed by atoms with Crippen molar-refractivity contribution in [3.05, 3.63) is 83.8 Å². The van der Waals surface area contributed by atoms with Crippen LogP contribution in [0.1, 0.15) is 21.5 Å². The van der Waals surface area contributed by atoms with Crippen LogP contribution in [0.4, 0.5) is 11.5 Å². The van der Waals surface area contributed by atoms with Gasteiger partial charge in [-0.05, 0) is 47.9 Å². The van der Waals surface area contributed by atoms with E-state index in [0.29, 0.717) is 12.0 Å². The first-order valence-corrected chi connectivity index (χ1v) is 7.15. The quantitative estimate of drug-likeness (QED) is 0.754. The third-order valence-corrected chi connectivity index (χ3v) is 3.37. The maximum Gasteiger partial charge on any atom is 0.335 e. The van der Waals surface area contributed by atoms with Crippen molar-refractivity contribution in [2.75, 3.05) is 5.32 Å². The number of aromatic nitrogens is 2. The Hall–Kier alpha value is -3.21. The number of nitrogens with zero attached hydrogens (tertiary/aromatic N) is 2. The number of anilines is 2. The molecule has 3 rings (SSSR count). The van der Waals surface area contributed by atoms with Crippen LogP contribution in [0.25, 0.3) is 0 Å². The van der Waals surface area contributed by atoms with Crippen LogP contribution in [0, 0.1) is 0 Å². The van der Waals surface area contributed by atoms with Crippen molar-refractivity contribution < 1.29 is 9.90 Å². The van der Waals surface area contributed by atoms with Gasteiger partial charge in [0.25, 0.3) is 0 Å². The Bertz CT molecular complexity index is 785. The summed E-state index contributed by atoms with van der Waals surface area (Å²) in [7, 11) is 0. The van der Waals surface area contributed by atoms with Gasteiger partial charge in [-0.25, -0.2) is 9.78 Å². The standard InChI is InChI=1S/C18H15N3O2/c22-18(23)15-6-3-13(4-7-15)10-14-5-8-17(20-11-14)21-16-2-1-9-19-12-16/h1-9,11-12H,10H2,(H,20,21)(H,22,23). The van der Waals surface area contributed by atoms with Crippen molar-refractivity contribution in [3.63, 3.8) is 0 Å². The van der Waals surface area contributed by atoms with E-state index in [1.54, 1.807) is 24.5 Å². The lowest BCUT2D eigenvalue weighted by atomic mass is 10.0. The lowest BCUT2D eigenvalue weighted by molar-refractivity contribution is 0.0697. The molecule has 0 fully saturated rings. The molecule has 0 radical (unpaired) electrons. The average molecular weight is 305 g/mol. The van der Waals surface area contributed by atoms with Crippen molar-refractivity contribution in [1.82, 2.24) is 9.97 Å². The molecule has 0 saturated carbocycles. The number of hydrogen-bond acceptors (Lipinski definition) is 4. The largest absolute Gasteiger partial charge is 0.478 e. The fourth-order valence-electron chi connectivity index (χ4n) is 2.19. The van der Waals surface area contributed by atoms with Crippen LogP contribution in [0.5, 0.6) is 0 Å². The molecule has 1 aromatic carbocycles. The molecule has 5 nitrogen and oxygen atoms in total. The number of carboxylic acid groups (broad SMARTS) is 1. The molecule has 2 heterocycles. The fraction of sp³-hybridized carbons (Fsp3) is 0.0556. The second-order valence-corrected chi connectivity index (χ2v) is 5.10. The van der Waals surface area contributed by atoms with Crippen LogP contribution in [-0.2, 0) is 6.42 Å². The number of carbonyl (C=O) groups is 1. The summed E-state index contributed by atoms with van der Waals surface area (Å²) in [5.74, 6) is -0.160.